The Labute approximate surface area is 437 Å². The third-order valence-electron chi connectivity index (χ3n) is 15.8. The zero-order chi connectivity index (χ0) is 49.8. The topological polar surface area (TPSA) is 9.72 Å². The molecule has 6 atom stereocenters. The molecule has 362 valence electrons. The molecule has 0 heterocycles. The highest BCUT2D eigenvalue weighted by Crippen LogP contribution is 2.42. The summed E-state index contributed by atoms with van der Waals surface area (Å²) in [7, 11) is 0. The first kappa shape index (κ1) is 46.7. The molecule has 0 amide bonds. The molecule has 0 spiro atoms. The molecule has 8 aromatic rings. The monoisotopic (exact) mass is 958 g/mol. The molecule has 0 saturated carbocycles. The fourth-order valence-corrected chi connectivity index (χ4v) is 11.8. The van der Waals surface area contributed by atoms with Gasteiger partial charge in [-0.15, -0.1) is 0 Å². The van der Waals surface area contributed by atoms with Crippen LogP contribution in [0.4, 0.5) is 34.1 Å². The summed E-state index contributed by atoms with van der Waals surface area (Å²) in [6, 6.07) is 69.8. The van der Waals surface area contributed by atoms with Crippen LogP contribution in [-0.4, -0.2) is 12.1 Å². The Bertz CT molecular complexity index is 3660. The average molecular weight is 958 g/mol. The van der Waals surface area contributed by atoms with Crippen molar-refractivity contribution in [3.8, 4) is 0 Å². The molecule has 0 aromatic heterocycles. The van der Waals surface area contributed by atoms with Crippen LogP contribution in [0.25, 0.3) is 33.7 Å². The Morgan fingerprint density at radius 2 is 1.04 bits per heavy atom. The third-order valence-corrected chi connectivity index (χ3v) is 15.8. The van der Waals surface area contributed by atoms with Crippen molar-refractivity contribution in [1.29, 1.82) is 0 Å². The largest absolute Gasteiger partial charge is 0.358 e. The zero-order valence-electron chi connectivity index (χ0n) is 42.4. The van der Waals surface area contributed by atoms with Gasteiger partial charge in [0.2, 0.25) is 0 Å². The molecule has 74 heavy (non-hydrogen) atoms. The van der Waals surface area contributed by atoms with Gasteiger partial charge in [-0.25, -0.2) is 0 Å². The first-order valence-corrected chi connectivity index (χ1v) is 26.7. The molecule has 12 rings (SSSR count). The maximum Gasteiger partial charge on any atom is 0.0548 e. The van der Waals surface area contributed by atoms with Gasteiger partial charge in [0.1, 0.15) is 0 Å². The molecule has 0 radical (unpaired) electrons. The predicted octanol–water partition coefficient (Wildman–Crippen LogP) is 16.9. The number of rotatable bonds is 13. The van der Waals surface area contributed by atoms with Gasteiger partial charge >= 0.3 is 0 Å². The van der Waals surface area contributed by atoms with Gasteiger partial charge in [0, 0.05) is 52.2 Å². The molecule has 6 unspecified atom stereocenters. The van der Waals surface area contributed by atoms with E-state index in [4.69, 9.17) is 0 Å². The number of hydrogen-bond acceptors (Lipinski definition) is 3. The lowest BCUT2D eigenvalue weighted by molar-refractivity contribution is 0.448. The third kappa shape index (κ3) is 9.66. The van der Waals surface area contributed by atoms with Gasteiger partial charge in [0.05, 0.1) is 12.1 Å². The van der Waals surface area contributed by atoms with Crippen LogP contribution in [0.3, 0.4) is 0 Å². The highest BCUT2D eigenvalue weighted by molar-refractivity contribution is 5.90. The SMILES string of the molecule is CC1C=CC=CC1CC(C1=CC=C(N(c2ccc(N(c3ccccc3)c3ccc4ccccc4c3)cc2)c2ccc(N(C3C=CC=CC3)C3C=c4ccccc4=CC3C)cc2)CC=C1)c1ccc2ccccc2c1. The second-order valence-electron chi connectivity index (χ2n) is 20.5. The van der Waals surface area contributed by atoms with Gasteiger partial charge in [0.15, 0.2) is 0 Å². The fourth-order valence-electron chi connectivity index (χ4n) is 11.8. The number of nitrogens with zero attached hydrogens (tertiary/aromatic N) is 3. The molecule has 0 saturated heterocycles. The van der Waals surface area contributed by atoms with Crippen LogP contribution in [0, 0.1) is 17.8 Å². The highest BCUT2D eigenvalue weighted by Gasteiger charge is 2.30. The normalized spacial score (nSPS) is 20.2. The summed E-state index contributed by atoms with van der Waals surface area (Å²) >= 11 is 0. The minimum absolute atomic E-state index is 0.202. The Kier molecular flexibility index (Phi) is 13.2. The van der Waals surface area contributed by atoms with E-state index < -0.39 is 0 Å². The standard InChI is InChI=1S/C71H63N3/c1-51-18-9-10-21-56(51)49-70(61-33-32-53-19-11-13-23-58(53)47-61)55-26-17-31-64(36-35-55)72(65-38-40-67(41-39-65)73(62-27-5-3-6-28-62)69-37-34-54-20-12-14-24-59(54)48-69)66-42-44-68(45-43-66)74(63-29-7-4-8-30-63)71-50-60-25-16-15-22-57(60)46-52(71)2/h3-29,32-48,50-52,56,63,70-71H,30-31,49H2,1-2H3. The van der Waals surface area contributed by atoms with Crippen LogP contribution in [0.2, 0.25) is 0 Å². The summed E-state index contributed by atoms with van der Waals surface area (Å²) in [6.45, 7) is 4.73. The molecular formula is C71H63N3. The lowest BCUT2D eigenvalue weighted by Gasteiger charge is -2.41. The second kappa shape index (κ2) is 21.0. The summed E-state index contributed by atoms with van der Waals surface area (Å²) in [6.07, 6.45) is 35.6. The average Bonchev–Trinajstić information content (AvgIpc) is 3.70. The van der Waals surface area contributed by atoms with E-state index >= 15 is 0 Å². The van der Waals surface area contributed by atoms with Gasteiger partial charge in [-0.05, 0) is 153 Å². The van der Waals surface area contributed by atoms with Crippen molar-refractivity contribution in [2.24, 2.45) is 17.8 Å². The van der Waals surface area contributed by atoms with Gasteiger partial charge in [0.25, 0.3) is 0 Å². The van der Waals surface area contributed by atoms with Crippen molar-refractivity contribution in [3.05, 3.63) is 288 Å². The van der Waals surface area contributed by atoms with Gasteiger partial charge in [-0.1, -0.05) is 208 Å². The van der Waals surface area contributed by atoms with Crippen molar-refractivity contribution in [1.82, 2.24) is 0 Å². The molecule has 0 bridgehead atoms. The van der Waals surface area contributed by atoms with Gasteiger partial charge in [-0.3, -0.25) is 0 Å². The number of fused-ring (bicyclic) bond motifs is 3. The van der Waals surface area contributed by atoms with Gasteiger partial charge < -0.3 is 14.7 Å². The van der Waals surface area contributed by atoms with Crippen LogP contribution in [0.1, 0.15) is 44.6 Å². The number of para-hydroxylation sites is 1. The minimum Gasteiger partial charge on any atom is -0.358 e. The van der Waals surface area contributed by atoms with E-state index in [-0.39, 0.29) is 18.0 Å². The Morgan fingerprint density at radius 3 is 1.74 bits per heavy atom. The summed E-state index contributed by atoms with van der Waals surface area (Å²) in [5.41, 5.74) is 10.7. The summed E-state index contributed by atoms with van der Waals surface area (Å²) < 4.78 is 0. The van der Waals surface area contributed by atoms with Crippen molar-refractivity contribution >= 4 is 67.8 Å². The molecule has 8 aromatic carbocycles. The predicted molar refractivity (Wildman–Crippen MR) is 316 cm³/mol. The molecule has 4 aliphatic rings. The van der Waals surface area contributed by atoms with Crippen LogP contribution in [-0.2, 0) is 0 Å². The van der Waals surface area contributed by atoms with E-state index in [9.17, 15) is 0 Å². The van der Waals surface area contributed by atoms with E-state index in [2.05, 4.69) is 302 Å². The Hall–Kier alpha value is -8.40. The molecule has 0 N–H and O–H groups in total. The summed E-state index contributed by atoms with van der Waals surface area (Å²) in [5.74, 6) is 1.47. The number of hydrogen-bond donors (Lipinski definition) is 0. The number of anilines is 6. The molecule has 4 aliphatic carbocycles. The number of benzene rings is 8. The van der Waals surface area contributed by atoms with E-state index in [0.29, 0.717) is 17.8 Å². The van der Waals surface area contributed by atoms with Crippen LogP contribution in [0.15, 0.2) is 272 Å². The summed E-state index contributed by atoms with van der Waals surface area (Å²) in [4.78, 5) is 7.50. The molecule has 0 aliphatic heterocycles. The van der Waals surface area contributed by atoms with E-state index in [1.807, 2.05) is 0 Å². The van der Waals surface area contributed by atoms with Crippen molar-refractivity contribution in [3.63, 3.8) is 0 Å². The highest BCUT2D eigenvalue weighted by atomic mass is 15.2. The molecule has 3 heteroatoms. The van der Waals surface area contributed by atoms with Gasteiger partial charge in [-0.2, -0.15) is 0 Å². The Morgan fingerprint density at radius 1 is 0.459 bits per heavy atom. The van der Waals surface area contributed by atoms with Crippen molar-refractivity contribution < 1.29 is 0 Å². The lowest BCUT2D eigenvalue weighted by Crippen LogP contribution is -2.48. The van der Waals surface area contributed by atoms with Crippen LogP contribution in [0.5, 0.6) is 0 Å². The van der Waals surface area contributed by atoms with Crippen LogP contribution < -0.4 is 25.1 Å². The minimum atomic E-state index is 0.202. The van der Waals surface area contributed by atoms with Crippen molar-refractivity contribution in [2.75, 3.05) is 14.7 Å². The maximum atomic E-state index is 2.65. The first-order valence-electron chi connectivity index (χ1n) is 26.7. The zero-order valence-corrected chi connectivity index (χ0v) is 42.4. The van der Waals surface area contributed by atoms with Crippen LogP contribution >= 0.6 is 0 Å². The number of allylic oxidation sites excluding steroid dienone is 11. The maximum absolute atomic E-state index is 2.65. The molecular weight excluding hydrogens is 895 g/mol. The smallest absolute Gasteiger partial charge is 0.0548 e. The molecule has 0 fully saturated rings. The lowest BCUT2D eigenvalue weighted by atomic mass is 9.77. The second-order valence-corrected chi connectivity index (χ2v) is 20.5. The van der Waals surface area contributed by atoms with E-state index in [1.54, 1.807) is 0 Å². The van der Waals surface area contributed by atoms with Crippen molar-refractivity contribution in [2.45, 2.75) is 51.1 Å². The quantitative estimate of drug-likeness (QED) is 0.114. The van der Waals surface area contributed by atoms with E-state index in [0.717, 1.165) is 47.7 Å². The Balaban J connectivity index is 0.954. The molecule has 3 nitrogen and oxygen atoms in total. The summed E-state index contributed by atoms with van der Waals surface area (Å²) in [5, 5.41) is 7.64. The fraction of sp³-hybridized carbons (Fsp3) is 0.155. The first-order chi connectivity index (χ1) is 36.5. The van der Waals surface area contributed by atoms with E-state index in [1.165, 1.54) is 54.5 Å².